The molecule has 0 fully saturated rings. The molecule has 0 aliphatic heterocycles. The molecular formula is C19H20N4O5S. The molecule has 3 rings (SSSR count). The van der Waals surface area contributed by atoms with Crippen molar-refractivity contribution in [3.8, 4) is 34.0 Å². The van der Waals surface area contributed by atoms with Gasteiger partial charge in [0.05, 0.1) is 14.2 Å². The van der Waals surface area contributed by atoms with Gasteiger partial charge in [0.2, 0.25) is 5.75 Å². The second-order valence-electron chi connectivity index (χ2n) is 5.91. The first-order valence-electron chi connectivity index (χ1n) is 8.70. The Labute approximate surface area is 171 Å². The van der Waals surface area contributed by atoms with Crippen molar-refractivity contribution in [1.29, 1.82) is 0 Å². The molecule has 1 aromatic carbocycles. The highest BCUT2D eigenvalue weighted by Crippen LogP contribution is 2.31. The zero-order valence-electron chi connectivity index (χ0n) is 16.1. The maximum Gasteiger partial charge on any atom is 0.274 e. The predicted octanol–water partition coefficient (Wildman–Crippen LogP) is 2.52. The zero-order chi connectivity index (χ0) is 21.0. The number of aryl methyl sites for hydroxylation is 1. The summed E-state index contributed by atoms with van der Waals surface area (Å²) >= 11 is 1.25. The second-order valence-corrected chi connectivity index (χ2v) is 6.80. The fraction of sp³-hybridized carbons (Fsp3) is 0.263. The molecular weight excluding hydrogens is 396 g/mol. The summed E-state index contributed by atoms with van der Waals surface area (Å²) in [5.41, 5.74) is 1.38. The Bertz CT molecular complexity index is 999. The van der Waals surface area contributed by atoms with Gasteiger partial charge in [0.1, 0.15) is 11.5 Å². The monoisotopic (exact) mass is 416 g/mol. The summed E-state index contributed by atoms with van der Waals surface area (Å²) in [4.78, 5) is 24.6. The normalized spacial score (nSPS) is 10.6. The Kier molecular flexibility index (Phi) is 6.13. The van der Waals surface area contributed by atoms with Crippen LogP contribution in [0.1, 0.15) is 28.5 Å². The van der Waals surface area contributed by atoms with E-state index in [4.69, 9.17) is 9.47 Å². The summed E-state index contributed by atoms with van der Waals surface area (Å²) in [6.45, 7) is 2.11. The number of nitrogens with zero attached hydrogens (tertiary/aromatic N) is 3. The van der Waals surface area contributed by atoms with Crippen molar-refractivity contribution in [2.45, 2.75) is 19.9 Å². The van der Waals surface area contributed by atoms with Crippen LogP contribution in [0.2, 0.25) is 0 Å². The van der Waals surface area contributed by atoms with Crippen LogP contribution in [0.15, 0.2) is 23.7 Å². The molecule has 2 heterocycles. The van der Waals surface area contributed by atoms with Crippen LogP contribution in [-0.4, -0.2) is 45.3 Å². The van der Waals surface area contributed by atoms with Gasteiger partial charge >= 0.3 is 0 Å². The Hall–Kier alpha value is -3.40. The number of nitrogens with one attached hydrogen (secondary N) is 1. The molecule has 0 bridgehead atoms. The van der Waals surface area contributed by atoms with Crippen molar-refractivity contribution in [3.63, 3.8) is 0 Å². The molecule has 2 aromatic heterocycles. The Morgan fingerprint density at radius 1 is 1.21 bits per heavy atom. The van der Waals surface area contributed by atoms with Crippen molar-refractivity contribution in [1.82, 2.24) is 20.3 Å². The van der Waals surface area contributed by atoms with E-state index in [1.807, 2.05) is 13.0 Å². The van der Waals surface area contributed by atoms with E-state index >= 15 is 0 Å². The van der Waals surface area contributed by atoms with E-state index in [0.29, 0.717) is 22.9 Å². The second kappa shape index (κ2) is 8.74. The van der Waals surface area contributed by atoms with Crippen LogP contribution in [0.4, 0.5) is 0 Å². The number of aromatic nitrogens is 3. The first-order chi connectivity index (χ1) is 14.0. The van der Waals surface area contributed by atoms with Crippen molar-refractivity contribution in [2.75, 3.05) is 14.2 Å². The van der Waals surface area contributed by atoms with E-state index in [2.05, 4.69) is 20.3 Å². The number of methoxy groups -OCH3 is 2. The van der Waals surface area contributed by atoms with Crippen LogP contribution in [0.5, 0.6) is 23.1 Å². The molecule has 1 amide bonds. The number of amides is 1. The van der Waals surface area contributed by atoms with Crippen LogP contribution in [0.3, 0.4) is 0 Å². The smallest absolute Gasteiger partial charge is 0.274 e. The highest BCUT2D eigenvalue weighted by atomic mass is 32.1. The maximum absolute atomic E-state index is 12.7. The zero-order valence-corrected chi connectivity index (χ0v) is 16.9. The Balaban J connectivity index is 1.89. The van der Waals surface area contributed by atoms with E-state index in [-0.39, 0.29) is 18.1 Å². The molecule has 0 spiro atoms. The van der Waals surface area contributed by atoms with E-state index in [9.17, 15) is 15.0 Å². The molecule has 0 saturated carbocycles. The average molecular weight is 416 g/mol. The van der Waals surface area contributed by atoms with Crippen molar-refractivity contribution >= 4 is 17.2 Å². The third kappa shape index (κ3) is 4.21. The quantitative estimate of drug-likeness (QED) is 0.536. The van der Waals surface area contributed by atoms with Gasteiger partial charge in [-0.05, 0) is 18.1 Å². The molecule has 3 aromatic rings. The summed E-state index contributed by atoms with van der Waals surface area (Å²) in [5.74, 6) is -0.776. The Morgan fingerprint density at radius 3 is 2.62 bits per heavy atom. The predicted molar refractivity (Wildman–Crippen MR) is 107 cm³/mol. The van der Waals surface area contributed by atoms with Crippen LogP contribution >= 0.6 is 11.3 Å². The van der Waals surface area contributed by atoms with Gasteiger partial charge in [0, 0.05) is 29.8 Å². The largest absolute Gasteiger partial charge is 0.501 e. The minimum absolute atomic E-state index is 0.0525. The van der Waals surface area contributed by atoms with Crippen molar-refractivity contribution < 1.29 is 24.5 Å². The molecule has 0 radical (unpaired) electrons. The Morgan fingerprint density at radius 2 is 2.00 bits per heavy atom. The number of thiazole rings is 1. The molecule has 0 unspecified atom stereocenters. The highest BCUT2D eigenvalue weighted by molar-refractivity contribution is 7.13. The van der Waals surface area contributed by atoms with Crippen molar-refractivity contribution in [2.24, 2.45) is 0 Å². The van der Waals surface area contributed by atoms with Gasteiger partial charge in [-0.2, -0.15) is 4.98 Å². The number of carbonyl (C=O) groups is 1. The van der Waals surface area contributed by atoms with Gasteiger partial charge in [0.15, 0.2) is 16.5 Å². The lowest BCUT2D eigenvalue weighted by molar-refractivity contribution is 0.0941. The van der Waals surface area contributed by atoms with Crippen LogP contribution in [-0.2, 0) is 13.0 Å². The lowest BCUT2D eigenvalue weighted by Crippen LogP contribution is -2.25. The third-order valence-electron chi connectivity index (χ3n) is 4.24. The van der Waals surface area contributed by atoms with E-state index in [1.165, 1.54) is 18.4 Å². The first kappa shape index (κ1) is 20.3. The summed E-state index contributed by atoms with van der Waals surface area (Å²) in [6.07, 6.45) is 2.25. The standard InChI is InChI=1S/C19H20N4O5S/c1-4-10-7-11(27-2)8-13(28-3)12(10)9-21-17(25)14-15(24)18(26)23-16(22-14)19-20-5-6-29-19/h5-8,24H,4,9H2,1-3H3,(H,21,25)(H,22,23,26). The molecule has 3 N–H and O–H groups in total. The molecule has 0 aliphatic carbocycles. The van der Waals surface area contributed by atoms with Gasteiger partial charge < -0.3 is 25.0 Å². The van der Waals surface area contributed by atoms with Crippen LogP contribution < -0.4 is 14.8 Å². The number of carbonyl (C=O) groups excluding carboxylic acids is 1. The fourth-order valence-electron chi connectivity index (χ4n) is 2.77. The lowest BCUT2D eigenvalue weighted by atomic mass is 10.0. The molecule has 29 heavy (non-hydrogen) atoms. The summed E-state index contributed by atoms with van der Waals surface area (Å²) in [5, 5.41) is 24.8. The van der Waals surface area contributed by atoms with Gasteiger partial charge in [-0.15, -0.1) is 11.3 Å². The summed E-state index contributed by atoms with van der Waals surface area (Å²) < 4.78 is 10.7. The van der Waals surface area contributed by atoms with Gasteiger partial charge in [-0.25, -0.2) is 9.97 Å². The molecule has 0 aliphatic rings. The molecule has 0 saturated heterocycles. The average Bonchev–Trinajstić information content (AvgIpc) is 3.28. The molecule has 10 heteroatoms. The molecule has 152 valence electrons. The van der Waals surface area contributed by atoms with Crippen LogP contribution in [0.25, 0.3) is 10.8 Å². The summed E-state index contributed by atoms with van der Waals surface area (Å²) in [7, 11) is 3.11. The van der Waals surface area contributed by atoms with Gasteiger partial charge in [0.25, 0.3) is 11.8 Å². The van der Waals surface area contributed by atoms with E-state index < -0.39 is 17.5 Å². The first-order valence-corrected chi connectivity index (χ1v) is 9.58. The molecule has 0 atom stereocenters. The third-order valence-corrected chi connectivity index (χ3v) is 5.01. The number of benzene rings is 1. The number of ether oxygens (including phenoxy) is 2. The maximum atomic E-state index is 12.7. The van der Waals surface area contributed by atoms with Gasteiger partial charge in [-0.1, -0.05) is 6.92 Å². The highest BCUT2D eigenvalue weighted by Gasteiger charge is 2.22. The number of hydrogen-bond donors (Lipinski definition) is 3. The minimum Gasteiger partial charge on any atom is -0.501 e. The minimum atomic E-state index is -0.694. The van der Waals surface area contributed by atoms with Crippen molar-refractivity contribution in [3.05, 3.63) is 40.5 Å². The fourth-order valence-corrected chi connectivity index (χ4v) is 3.34. The molecule has 9 nitrogen and oxygen atoms in total. The van der Waals surface area contributed by atoms with E-state index in [1.54, 1.807) is 24.8 Å². The number of rotatable bonds is 7. The van der Waals surface area contributed by atoms with Gasteiger partial charge in [-0.3, -0.25) is 4.79 Å². The number of aromatic hydroxyl groups is 2. The lowest BCUT2D eigenvalue weighted by Gasteiger charge is -2.16. The SMILES string of the molecule is CCc1cc(OC)cc(OC)c1CNC(=O)c1nc(-c2nccs2)nc(O)c1O. The number of hydrogen-bond acceptors (Lipinski definition) is 9. The summed E-state index contributed by atoms with van der Waals surface area (Å²) in [6, 6.07) is 3.60. The van der Waals surface area contributed by atoms with Crippen LogP contribution in [0, 0.1) is 0 Å². The topological polar surface area (TPSA) is 127 Å². The van der Waals surface area contributed by atoms with E-state index in [0.717, 1.165) is 11.1 Å².